The second-order valence-corrected chi connectivity index (χ2v) is 11.6. The van der Waals surface area contributed by atoms with Gasteiger partial charge in [-0.05, 0) is 56.4 Å². The van der Waals surface area contributed by atoms with E-state index < -0.39 is 45.5 Å². The molecular formula is C26H26F6N2O4S. The first-order valence-electron chi connectivity index (χ1n) is 12.1. The summed E-state index contributed by atoms with van der Waals surface area (Å²) >= 11 is 0. The van der Waals surface area contributed by atoms with Crippen LogP contribution >= 0.6 is 0 Å². The number of amides is 1. The lowest BCUT2D eigenvalue weighted by Gasteiger charge is -2.39. The third-order valence-corrected chi connectivity index (χ3v) is 8.89. The molecule has 0 saturated heterocycles. The van der Waals surface area contributed by atoms with E-state index >= 15 is 0 Å². The summed E-state index contributed by atoms with van der Waals surface area (Å²) in [5.41, 5.74) is -6.15. The normalized spacial score (nSPS) is 18.8. The number of anilines is 1. The lowest BCUT2D eigenvalue weighted by atomic mass is 9.87. The third-order valence-electron chi connectivity index (χ3n) is 7.01. The summed E-state index contributed by atoms with van der Waals surface area (Å²) in [5, 5.41) is 12.7. The fourth-order valence-electron chi connectivity index (χ4n) is 4.92. The molecule has 1 heterocycles. The van der Waals surface area contributed by atoms with Gasteiger partial charge in [-0.15, -0.1) is 0 Å². The third kappa shape index (κ3) is 5.38. The fourth-order valence-corrected chi connectivity index (χ4v) is 6.64. The van der Waals surface area contributed by atoms with Crippen molar-refractivity contribution in [3.63, 3.8) is 0 Å². The van der Waals surface area contributed by atoms with Crippen LogP contribution in [0.3, 0.4) is 0 Å². The number of benzene rings is 2. The van der Waals surface area contributed by atoms with E-state index in [4.69, 9.17) is 0 Å². The summed E-state index contributed by atoms with van der Waals surface area (Å²) in [6.07, 6.45) is -7.56. The molecule has 0 aromatic heterocycles. The largest absolute Gasteiger partial charge is 0.430 e. The van der Waals surface area contributed by atoms with E-state index in [1.54, 1.807) is 19.1 Å². The first-order chi connectivity index (χ1) is 18.1. The molecule has 2 aliphatic rings. The van der Waals surface area contributed by atoms with Gasteiger partial charge in [0.15, 0.2) is 0 Å². The SMILES string of the molecule is Cc1ccc(S(=O)(=O)N2c3ccc(C(O)(C(F)(F)F)C(F)(F)F)cc3CC[C@H]2CC(=O)NC2CC=CC2)cc1. The van der Waals surface area contributed by atoms with E-state index in [1.807, 2.05) is 12.2 Å². The van der Waals surface area contributed by atoms with Crippen LogP contribution in [0.2, 0.25) is 0 Å². The van der Waals surface area contributed by atoms with Crippen molar-refractivity contribution in [2.75, 3.05) is 4.31 Å². The predicted molar refractivity (Wildman–Crippen MR) is 130 cm³/mol. The number of carbonyl (C=O) groups excluding carboxylic acids is 1. The van der Waals surface area contributed by atoms with Gasteiger partial charge in [-0.3, -0.25) is 9.10 Å². The van der Waals surface area contributed by atoms with Gasteiger partial charge in [0.1, 0.15) is 0 Å². The minimum Gasteiger partial charge on any atom is -0.369 e. The average Bonchev–Trinajstić information content (AvgIpc) is 3.34. The van der Waals surface area contributed by atoms with Crippen molar-refractivity contribution in [1.82, 2.24) is 5.32 Å². The molecule has 2 N–H and O–H groups in total. The van der Waals surface area contributed by atoms with Crippen molar-refractivity contribution < 1.29 is 44.7 Å². The highest BCUT2D eigenvalue weighted by Crippen LogP contribution is 2.51. The minimum absolute atomic E-state index is 0.0473. The van der Waals surface area contributed by atoms with E-state index in [2.05, 4.69) is 5.32 Å². The van der Waals surface area contributed by atoms with E-state index in [0.717, 1.165) is 15.9 Å². The van der Waals surface area contributed by atoms with Gasteiger partial charge < -0.3 is 10.4 Å². The lowest BCUT2D eigenvalue weighted by molar-refractivity contribution is -0.376. The number of nitrogens with zero attached hydrogens (tertiary/aromatic N) is 1. The van der Waals surface area contributed by atoms with Crippen LogP contribution in [0, 0.1) is 6.92 Å². The second-order valence-electron chi connectivity index (χ2n) is 9.77. The van der Waals surface area contributed by atoms with E-state index in [0.29, 0.717) is 25.0 Å². The second kappa shape index (κ2) is 10.2. The summed E-state index contributed by atoms with van der Waals surface area (Å²) in [6.45, 7) is 1.74. The smallest absolute Gasteiger partial charge is 0.369 e. The van der Waals surface area contributed by atoms with Crippen LogP contribution in [0.25, 0.3) is 0 Å². The maximum atomic E-state index is 13.8. The van der Waals surface area contributed by atoms with E-state index in [9.17, 15) is 44.7 Å². The Morgan fingerprint density at radius 1 is 1.00 bits per heavy atom. The van der Waals surface area contributed by atoms with Crippen LogP contribution in [0.5, 0.6) is 0 Å². The summed E-state index contributed by atoms with van der Waals surface area (Å²) in [6, 6.07) is 6.45. The van der Waals surface area contributed by atoms with Crippen molar-refractivity contribution in [1.29, 1.82) is 0 Å². The van der Waals surface area contributed by atoms with Crippen molar-refractivity contribution in [2.24, 2.45) is 0 Å². The number of sulfonamides is 1. The molecule has 1 aliphatic heterocycles. The Morgan fingerprint density at radius 2 is 1.59 bits per heavy atom. The number of alkyl halides is 6. The van der Waals surface area contributed by atoms with Crippen LogP contribution in [0.4, 0.5) is 32.0 Å². The molecule has 2 aromatic carbocycles. The van der Waals surface area contributed by atoms with Gasteiger partial charge in [-0.2, -0.15) is 26.3 Å². The zero-order chi connectivity index (χ0) is 28.8. The molecular weight excluding hydrogens is 550 g/mol. The Morgan fingerprint density at radius 3 is 2.15 bits per heavy atom. The Balaban J connectivity index is 1.78. The van der Waals surface area contributed by atoms with E-state index in [1.165, 1.54) is 12.1 Å². The number of carbonyl (C=O) groups is 1. The van der Waals surface area contributed by atoms with Crippen molar-refractivity contribution in [3.05, 3.63) is 71.3 Å². The van der Waals surface area contributed by atoms with Crippen LogP contribution in [-0.2, 0) is 26.8 Å². The molecule has 0 unspecified atom stereocenters. The summed E-state index contributed by atoms with van der Waals surface area (Å²) in [4.78, 5) is 12.6. The highest BCUT2D eigenvalue weighted by Gasteiger charge is 2.71. The van der Waals surface area contributed by atoms with Crippen molar-refractivity contribution in [2.45, 2.75) is 74.0 Å². The molecule has 1 amide bonds. The first kappa shape index (κ1) is 28.9. The van der Waals surface area contributed by atoms with Gasteiger partial charge in [0.05, 0.1) is 16.6 Å². The van der Waals surface area contributed by atoms with Gasteiger partial charge >= 0.3 is 12.4 Å². The Bertz CT molecular complexity index is 1350. The highest BCUT2D eigenvalue weighted by atomic mass is 32.2. The molecule has 4 rings (SSSR count). The van der Waals surface area contributed by atoms with Crippen molar-refractivity contribution in [3.8, 4) is 0 Å². The van der Waals surface area contributed by atoms with Crippen LogP contribution < -0.4 is 9.62 Å². The molecule has 212 valence electrons. The molecule has 1 aliphatic carbocycles. The number of halogens is 6. The number of nitrogens with one attached hydrogen (secondary N) is 1. The van der Waals surface area contributed by atoms with Crippen LogP contribution in [-0.4, -0.2) is 43.9 Å². The topological polar surface area (TPSA) is 86.7 Å². The molecule has 0 bridgehead atoms. The number of rotatable bonds is 6. The van der Waals surface area contributed by atoms with Crippen LogP contribution in [0.15, 0.2) is 59.5 Å². The fraction of sp³-hybridized carbons (Fsp3) is 0.423. The highest BCUT2D eigenvalue weighted by molar-refractivity contribution is 7.92. The number of aryl methyl sites for hydroxylation is 2. The van der Waals surface area contributed by atoms with Gasteiger partial charge in [0.25, 0.3) is 15.6 Å². The first-order valence-corrected chi connectivity index (χ1v) is 13.5. The average molecular weight is 577 g/mol. The molecule has 6 nitrogen and oxygen atoms in total. The number of aliphatic hydroxyl groups is 1. The molecule has 0 radical (unpaired) electrons. The van der Waals surface area contributed by atoms with Crippen LogP contribution in [0.1, 0.15) is 42.4 Å². The van der Waals surface area contributed by atoms with Gasteiger partial charge in [-0.25, -0.2) is 8.42 Å². The van der Waals surface area contributed by atoms with Gasteiger partial charge in [0.2, 0.25) is 5.91 Å². The van der Waals surface area contributed by atoms with Gasteiger partial charge in [-0.1, -0.05) is 42.0 Å². The molecule has 0 saturated carbocycles. The number of fused-ring (bicyclic) bond motifs is 1. The van der Waals surface area contributed by atoms with Gasteiger partial charge in [0, 0.05) is 18.0 Å². The number of hydrogen-bond donors (Lipinski definition) is 2. The minimum atomic E-state index is -6.09. The lowest BCUT2D eigenvalue weighted by Crippen LogP contribution is -2.54. The Labute approximate surface area is 221 Å². The standard InChI is InChI=1S/C26H26F6N2O4S/c1-16-6-11-21(12-7-16)39(37,38)34-20(15-23(35)33-19-4-2-3-5-19)10-8-17-14-18(9-13-22(17)34)24(36,25(27,28)29)26(30,31)32/h2-3,6-7,9,11-14,19-20,36H,4-5,8,10,15H2,1H3,(H,33,35)/t20-/m0/s1. The Hall–Kier alpha value is -3.06. The van der Waals surface area contributed by atoms with Crippen molar-refractivity contribution >= 4 is 21.6 Å². The maximum absolute atomic E-state index is 13.8. The summed E-state index contributed by atoms with van der Waals surface area (Å²) in [5.74, 6) is -0.429. The molecule has 2 aromatic rings. The molecule has 1 atom stereocenters. The molecule has 0 spiro atoms. The monoisotopic (exact) mass is 576 g/mol. The maximum Gasteiger partial charge on any atom is 0.430 e. The number of hydrogen-bond acceptors (Lipinski definition) is 4. The zero-order valence-corrected chi connectivity index (χ0v) is 21.5. The molecule has 13 heteroatoms. The zero-order valence-electron chi connectivity index (χ0n) is 20.7. The Kier molecular flexibility index (Phi) is 7.54. The summed E-state index contributed by atoms with van der Waals surface area (Å²) in [7, 11) is -4.39. The quantitative estimate of drug-likeness (QED) is 0.373. The molecule has 39 heavy (non-hydrogen) atoms. The molecule has 0 fully saturated rings. The van der Waals surface area contributed by atoms with E-state index in [-0.39, 0.29) is 41.5 Å². The summed E-state index contributed by atoms with van der Waals surface area (Å²) < 4.78 is 109. The predicted octanol–water partition coefficient (Wildman–Crippen LogP) is 5.04.